The molecule has 0 unspecified atom stereocenters. The fraction of sp³-hybridized carbons (Fsp3) is 0.0370. The Kier molecular flexibility index (Phi) is 6.11. The first kappa shape index (κ1) is 21.3. The van der Waals surface area contributed by atoms with Crippen molar-refractivity contribution in [2.45, 2.75) is 6.61 Å². The van der Waals surface area contributed by atoms with Crippen molar-refractivity contribution in [1.29, 1.82) is 10.5 Å². The number of ether oxygens (including phenoxy) is 1. The summed E-state index contributed by atoms with van der Waals surface area (Å²) in [6.45, 7) is 0.182. The predicted octanol–water partition coefficient (Wildman–Crippen LogP) is 6.26. The molecule has 0 bridgehead atoms. The van der Waals surface area contributed by atoms with E-state index in [4.69, 9.17) is 4.74 Å². The first-order chi connectivity index (χ1) is 16.1. The number of nitrogens with zero attached hydrogens (tertiary/aromatic N) is 3. The molecule has 4 aromatic rings. The van der Waals surface area contributed by atoms with Gasteiger partial charge in [-0.3, -0.25) is 10.1 Å². The van der Waals surface area contributed by atoms with Crippen LogP contribution in [0.5, 0.6) is 5.75 Å². The fourth-order valence-electron chi connectivity index (χ4n) is 3.57. The maximum Gasteiger partial charge on any atom is 0.270 e. The Balaban J connectivity index is 1.81. The van der Waals surface area contributed by atoms with Crippen molar-refractivity contribution in [3.8, 4) is 17.9 Å². The van der Waals surface area contributed by atoms with Crippen LogP contribution in [-0.2, 0) is 6.61 Å². The molecule has 0 heterocycles. The number of rotatable bonds is 6. The Morgan fingerprint density at radius 1 is 0.970 bits per heavy atom. The van der Waals surface area contributed by atoms with Gasteiger partial charge in [0, 0.05) is 23.3 Å². The van der Waals surface area contributed by atoms with Gasteiger partial charge in [-0.15, -0.1) is 0 Å². The van der Waals surface area contributed by atoms with Crippen LogP contribution in [0, 0.1) is 32.8 Å². The number of nitro groups is 1. The topological polar surface area (TPSA) is 99.9 Å². The maximum atomic E-state index is 11.2. The number of non-ortho nitro benzene ring substituents is 1. The number of nitriles is 2. The first-order valence-electron chi connectivity index (χ1n) is 10.1. The minimum atomic E-state index is -0.489. The maximum absolute atomic E-state index is 11.2. The second kappa shape index (κ2) is 9.47. The molecule has 0 amide bonds. The molecule has 0 atom stereocenters. The molecule has 33 heavy (non-hydrogen) atoms. The van der Waals surface area contributed by atoms with E-state index in [1.54, 1.807) is 30.3 Å². The monoisotopic (exact) mass is 431 g/mol. The number of nitro benzene ring substituents is 1. The van der Waals surface area contributed by atoms with Crippen molar-refractivity contribution in [3.05, 3.63) is 117 Å². The zero-order valence-corrected chi connectivity index (χ0v) is 17.4. The van der Waals surface area contributed by atoms with Crippen LogP contribution in [0.3, 0.4) is 0 Å². The minimum Gasteiger partial charge on any atom is -0.488 e. The average molecular weight is 431 g/mol. The van der Waals surface area contributed by atoms with Gasteiger partial charge in [0.25, 0.3) is 5.69 Å². The van der Waals surface area contributed by atoms with E-state index in [0.29, 0.717) is 22.4 Å². The van der Waals surface area contributed by atoms with E-state index in [1.165, 1.54) is 12.1 Å². The Hall–Kier alpha value is -4.94. The smallest absolute Gasteiger partial charge is 0.270 e. The zero-order valence-electron chi connectivity index (χ0n) is 17.4. The summed E-state index contributed by atoms with van der Waals surface area (Å²) >= 11 is 0. The summed E-state index contributed by atoms with van der Waals surface area (Å²) in [5, 5.41) is 32.2. The molecule has 6 heteroatoms. The molecule has 0 aromatic heterocycles. The molecule has 0 aliphatic carbocycles. The van der Waals surface area contributed by atoms with E-state index < -0.39 is 4.92 Å². The van der Waals surface area contributed by atoms with E-state index in [2.05, 4.69) is 12.1 Å². The van der Waals surface area contributed by atoms with Gasteiger partial charge in [0.1, 0.15) is 12.4 Å². The quantitative estimate of drug-likeness (QED) is 0.155. The van der Waals surface area contributed by atoms with E-state index >= 15 is 0 Å². The largest absolute Gasteiger partial charge is 0.488 e. The predicted molar refractivity (Wildman–Crippen MR) is 126 cm³/mol. The summed E-state index contributed by atoms with van der Waals surface area (Å²) in [6.07, 6.45) is 1.69. The van der Waals surface area contributed by atoms with Gasteiger partial charge in [0.05, 0.1) is 28.2 Å². The second-order valence-electron chi connectivity index (χ2n) is 7.23. The molecule has 0 saturated carbocycles. The number of hydrogen-bond acceptors (Lipinski definition) is 5. The van der Waals surface area contributed by atoms with Gasteiger partial charge in [-0.05, 0) is 34.5 Å². The third-order valence-electron chi connectivity index (χ3n) is 5.23. The van der Waals surface area contributed by atoms with Gasteiger partial charge < -0.3 is 4.74 Å². The number of benzene rings is 4. The number of fused-ring (bicyclic) bond motifs is 1. The SMILES string of the molecule is N#C/C(=C/c1c(OCc2ccccc2C#N)ccc2ccccc12)c1cccc([N+](=O)[O-])c1. The molecular weight excluding hydrogens is 414 g/mol. The molecule has 0 radical (unpaired) electrons. The lowest BCUT2D eigenvalue weighted by atomic mass is 9.98. The summed E-state index contributed by atoms with van der Waals surface area (Å²) in [5.41, 5.74) is 2.60. The molecule has 0 fully saturated rings. The lowest BCUT2D eigenvalue weighted by molar-refractivity contribution is -0.384. The summed E-state index contributed by atoms with van der Waals surface area (Å²) in [5.74, 6) is 0.541. The number of allylic oxidation sites excluding steroid dienone is 1. The second-order valence-corrected chi connectivity index (χ2v) is 7.23. The van der Waals surface area contributed by atoms with Crippen molar-refractivity contribution in [2.24, 2.45) is 0 Å². The van der Waals surface area contributed by atoms with Gasteiger partial charge in [0.2, 0.25) is 0 Å². The van der Waals surface area contributed by atoms with Crippen LogP contribution in [0.4, 0.5) is 5.69 Å². The van der Waals surface area contributed by atoms with Gasteiger partial charge in [-0.25, -0.2) is 0 Å². The number of hydrogen-bond donors (Lipinski definition) is 0. The van der Waals surface area contributed by atoms with Gasteiger partial charge in [-0.2, -0.15) is 10.5 Å². The van der Waals surface area contributed by atoms with Crippen molar-refractivity contribution < 1.29 is 9.66 Å². The van der Waals surface area contributed by atoms with Crippen LogP contribution >= 0.6 is 0 Å². The summed E-state index contributed by atoms with van der Waals surface area (Å²) in [6, 6.07) is 29.0. The molecular formula is C27H17N3O3. The van der Waals surface area contributed by atoms with Crippen LogP contribution in [-0.4, -0.2) is 4.92 Å². The summed E-state index contributed by atoms with van der Waals surface area (Å²) in [7, 11) is 0. The highest BCUT2D eigenvalue weighted by Gasteiger charge is 2.13. The normalized spacial score (nSPS) is 10.9. The molecule has 4 rings (SSSR count). The highest BCUT2D eigenvalue weighted by molar-refractivity contribution is 6.00. The molecule has 6 nitrogen and oxygen atoms in total. The third kappa shape index (κ3) is 4.56. The Bertz CT molecular complexity index is 1480. The van der Waals surface area contributed by atoms with Crippen molar-refractivity contribution in [3.63, 3.8) is 0 Å². The highest BCUT2D eigenvalue weighted by atomic mass is 16.6. The zero-order chi connectivity index (χ0) is 23.2. The molecule has 0 spiro atoms. The lowest BCUT2D eigenvalue weighted by Gasteiger charge is -2.13. The summed E-state index contributed by atoms with van der Waals surface area (Å²) in [4.78, 5) is 10.7. The fourth-order valence-corrected chi connectivity index (χ4v) is 3.57. The van der Waals surface area contributed by atoms with Crippen LogP contribution in [0.2, 0.25) is 0 Å². The van der Waals surface area contributed by atoms with Crippen molar-refractivity contribution in [2.75, 3.05) is 0 Å². The molecule has 0 aliphatic rings. The van der Waals surface area contributed by atoms with E-state index in [9.17, 15) is 20.6 Å². The van der Waals surface area contributed by atoms with E-state index in [0.717, 1.165) is 16.3 Å². The van der Waals surface area contributed by atoms with Crippen LogP contribution in [0.15, 0.2) is 84.9 Å². The molecule has 0 saturated heterocycles. The van der Waals surface area contributed by atoms with Crippen LogP contribution in [0.25, 0.3) is 22.4 Å². The Morgan fingerprint density at radius 3 is 2.55 bits per heavy atom. The first-order valence-corrected chi connectivity index (χ1v) is 10.1. The molecule has 158 valence electrons. The van der Waals surface area contributed by atoms with Gasteiger partial charge in [-0.1, -0.05) is 60.7 Å². The van der Waals surface area contributed by atoms with Crippen LogP contribution in [0.1, 0.15) is 22.3 Å². The highest BCUT2D eigenvalue weighted by Crippen LogP contribution is 2.33. The van der Waals surface area contributed by atoms with Gasteiger partial charge in [0.15, 0.2) is 0 Å². The van der Waals surface area contributed by atoms with Crippen molar-refractivity contribution in [1.82, 2.24) is 0 Å². The summed E-state index contributed by atoms with van der Waals surface area (Å²) < 4.78 is 6.10. The Labute approximate surface area is 190 Å². The molecule has 0 N–H and O–H groups in total. The molecule has 0 aliphatic heterocycles. The van der Waals surface area contributed by atoms with E-state index in [1.807, 2.05) is 48.5 Å². The standard InChI is InChI=1S/C27H17N3O3/c28-16-21-7-1-2-8-22(21)18-33-27-13-12-19-6-3-4-11-25(19)26(27)15-23(17-29)20-9-5-10-24(14-20)30(31)32/h1-15H,18H2/b23-15-. The lowest BCUT2D eigenvalue weighted by Crippen LogP contribution is -2.00. The minimum absolute atomic E-state index is 0.0869. The third-order valence-corrected chi connectivity index (χ3v) is 5.23. The Morgan fingerprint density at radius 2 is 1.76 bits per heavy atom. The van der Waals surface area contributed by atoms with Crippen LogP contribution < -0.4 is 4.74 Å². The van der Waals surface area contributed by atoms with Crippen molar-refractivity contribution >= 4 is 28.1 Å². The van der Waals surface area contributed by atoms with E-state index in [-0.39, 0.29) is 17.9 Å². The molecule has 4 aromatic carbocycles. The van der Waals surface area contributed by atoms with Gasteiger partial charge >= 0.3 is 0 Å². The average Bonchev–Trinajstić information content (AvgIpc) is 2.86.